The van der Waals surface area contributed by atoms with Crippen LogP contribution in [0.2, 0.25) is 0 Å². The van der Waals surface area contributed by atoms with Gasteiger partial charge < -0.3 is 10.4 Å². The zero-order valence-corrected chi connectivity index (χ0v) is 12.2. The Morgan fingerprint density at radius 2 is 1.79 bits per heavy atom. The Morgan fingerprint density at radius 3 is 2.26 bits per heavy atom. The van der Waals surface area contributed by atoms with Crippen molar-refractivity contribution in [2.75, 3.05) is 0 Å². The first-order chi connectivity index (χ1) is 8.88. The smallest absolute Gasteiger partial charge is 0.307 e. The number of carboxylic acids is 1. The predicted molar refractivity (Wildman–Crippen MR) is 76.4 cm³/mol. The molecule has 0 bridgehead atoms. The maximum Gasteiger partial charge on any atom is 0.307 e. The number of hydrogen-bond acceptors (Lipinski definition) is 3. The number of rotatable bonds is 6. The molecule has 0 fully saturated rings. The Morgan fingerprint density at radius 1 is 1.21 bits per heavy atom. The average Bonchev–Trinajstić information content (AvgIpc) is 2.30. The monoisotopic (exact) mass is 281 g/mol. The summed E-state index contributed by atoms with van der Waals surface area (Å²) in [6, 6.07) is 7.39. The number of carboxylic acid groups (broad SMARTS) is 1. The molecule has 4 nitrogen and oxygen atoms in total. The highest BCUT2D eigenvalue weighted by molar-refractivity contribution is 8.00. The molecule has 0 saturated carbocycles. The van der Waals surface area contributed by atoms with E-state index in [9.17, 15) is 9.59 Å². The van der Waals surface area contributed by atoms with Gasteiger partial charge in [0.25, 0.3) is 0 Å². The molecule has 0 heterocycles. The van der Waals surface area contributed by atoms with Crippen molar-refractivity contribution in [3.8, 4) is 0 Å². The first-order valence-electron chi connectivity index (χ1n) is 6.16. The number of nitrogens with one attached hydrogen (secondary N) is 1. The Balaban J connectivity index is 2.57. The average molecular weight is 281 g/mol. The largest absolute Gasteiger partial charge is 0.481 e. The minimum Gasteiger partial charge on any atom is -0.481 e. The van der Waals surface area contributed by atoms with Gasteiger partial charge in [0.2, 0.25) is 5.91 Å². The standard InChI is InChI=1S/C14H19NO3S/c1-9(2)15-14(18)10(3)19-12-6-4-11(5-7-12)8-13(16)17/h4-7,9-10H,8H2,1-3H3,(H,15,18)(H,16,17). The van der Waals surface area contributed by atoms with Gasteiger partial charge in [0, 0.05) is 10.9 Å². The topological polar surface area (TPSA) is 66.4 Å². The van der Waals surface area contributed by atoms with Gasteiger partial charge in [-0.1, -0.05) is 12.1 Å². The van der Waals surface area contributed by atoms with Crippen LogP contribution in [0.25, 0.3) is 0 Å². The zero-order valence-electron chi connectivity index (χ0n) is 11.3. The predicted octanol–water partition coefficient (Wildman–Crippen LogP) is 2.32. The fourth-order valence-electron chi connectivity index (χ4n) is 1.52. The van der Waals surface area contributed by atoms with Gasteiger partial charge in [-0.25, -0.2) is 0 Å². The summed E-state index contributed by atoms with van der Waals surface area (Å²) < 4.78 is 0. The second-order valence-electron chi connectivity index (χ2n) is 4.64. The lowest BCUT2D eigenvalue weighted by atomic mass is 10.2. The minimum atomic E-state index is -0.843. The molecule has 1 rings (SSSR count). The fourth-order valence-corrected chi connectivity index (χ4v) is 2.40. The molecule has 0 aromatic heterocycles. The van der Waals surface area contributed by atoms with E-state index in [0.29, 0.717) is 0 Å². The van der Waals surface area contributed by atoms with Crippen molar-refractivity contribution in [2.24, 2.45) is 0 Å². The van der Waals surface area contributed by atoms with Gasteiger partial charge in [-0.15, -0.1) is 11.8 Å². The lowest BCUT2D eigenvalue weighted by Gasteiger charge is -2.14. The van der Waals surface area contributed by atoms with Crippen LogP contribution in [0.3, 0.4) is 0 Å². The molecule has 1 aromatic rings. The lowest BCUT2D eigenvalue weighted by molar-refractivity contribution is -0.136. The van der Waals surface area contributed by atoms with Gasteiger partial charge in [-0.3, -0.25) is 9.59 Å². The minimum absolute atomic E-state index is 0.00890. The van der Waals surface area contributed by atoms with Crippen LogP contribution in [0.1, 0.15) is 26.3 Å². The maximum atomic E-state index is 11.8. The summed E-state index contributed by atoms with van der Waals surface area (Å²) in [6.45, 7) is 5.71. The van der Waals surface area contributed by atoms with Gasteiger partial charge in [-0.2, -0.15) is 0 Å². The Hall–Kier alpha value is -1.49. The molecule has 1 aromatic carbocycles. The number of hydrogen-bond donors (Lipinski definition) is 2. The molecule has 1 unspecified atom stereocenters. The molecule has 104 valence electrons. The molecular formula is C14H19NO3S. The quantitative estimate of drug-likeness (QED) is 0.785. The molecule has 1 amide bonds. The van der Waals surface area contributed by atoms with E-state index in [2.05, 4.69) is 5.32 Å². The van der Waals surface area contributed by atoms with E-state index in [1.165, 1.54) is 11.8 Å². The molecule has 0 radical (unpaired) electrons. The second-order valence-corrected chi connectivity index (χ2v) is 6.05. The van der Waals surface area contributed by atoms with Crippen molar-refractivity contribution >= 4 is 23.6 Å². The molecule has 0 spiro atoms. The van der Waals surface area contributed by atoms with Crippen LogP contribution in [-0.4, -0.2) is 28.3 Å². The molecule has 0 saturated heterocycles. The summed E-state index contributed by atoms with van der Waals surface area (Å²) in [7, 11) is 0. The number of aliphatic carboxylic acids is 1. The summed E-state index contributed by atoms with van der Waals surface area (Å²) in [4.78, 5) is 23.3. The summed E-state index contributed by atoms with van der Waals surface area (Å²) >= 11 is 1.46. The van der Waals surface area contributed by atoms with Crippen LogP contribution in [0.15, 0.2) is 29.2 Å². The molecule has 0 aliphatic rings. The van der Waals surface area contributed by atoms with E-state index in [-0.39, 0.29) is 23.6 Å². The van der Waals surface area contributed by atoms with Crippen molar-refractivity contribution in [2.45, 2.75) is 43.4 Å². The van der Waals surface area contributed by atoms with Crippen molar-refractivity contribution < 1.29 is 14.7 Å². The van der Waals surface area contributed by atoms with E-state index in [1.54, 1.807) is 12.1 Å². The molecule has 1 atom stereocenters. The number of amides is 1. The van der Waals surface area contributed by atoms with E-state index in [1.807, 2.05) is 32.9 Å². The Bertz CT molecular complexity index is 443. The third-order valence-corrected chi connectivity index (χ3v) is 3.50. The number of carbonyl (C=O) groups excluding carboxylic acids is 1. The van der Waals surface area contributed by atoms with Crippen LogP contribution in [0.5, 0.6) is 0 Å². The van der Waals surface area contributed by atoms with Crippen LogP contribution in [-0.2, 0) is 16.0 Å². The van der Waals surface area contributed by atoms with Crippen molar-refractivity contribution in [3.63, 3.8) is 0 Å². The highest BCUT2D eigenvalue weighted by Gasteiger charge is 2.14. The summed E-state index contributed by atoms with van der Waals surface area (Å²) in [5, 5.41) is 11.4. The van der Waals surface area contributed by atoms with Gasteiger partial charge in [0.1, 0.15) is 0 Å². The van der Waals surface area contributed by atoms with Crippen LogP contribution in [0.4, 0.5) is 0 Å². The van der Waals surface area contributed by atoms with E-state index in [4.69, 9.17) is 5.11 Å². The summed E-state index contributed by atoms with van der Waals surface area (Å²) in [5.74, 6) is -0.834. The first kappa shape index (κ1) is 15.6. The number of thioether (sulfide) groups is 1. The third kappa shape index (κ3) is 5.79. The Kier molecular flexibility index (Phi) is 5.89. The highest BCUT2D eigenvalue weighted by atomic mass is 32.2. The third-order valence-electron chi connectivity index (χ3n) is 2.39. The number of benzene rings is 1. The van der Waals surface area contributed by atoms with Crippen LogP contribution >= 0.6 is 11.8 Å². The lowest BCUT2D eigenvalue weighted by Crippen LogP contribution is -2.35. The fraction of sp³-hybridized carbons (Fsp3) is 0.429. The van der Waals surface area contributed by atoms with E-state index in [0.717, 1.165) is 10.5 Å². The van der Waals surface area contributed by atoms with Gasteiger partial charge in [-0.05, 0) is 38.5 Å². The normalized spacial score (nSPS) is 12.2. The van der Waals surface area contributed by atoms with Gasteiger partial charge >= 0.3 is 5.97 Å². The van der Waals surface area contributed by atoms with Crippen molar-refractivity contribution in [1.29, 1.82) is 0 Å². The molecule has 5 heteroatoms. The van der Waals surface area contributed by atoms with Crippen LogP contribution < -0.4 is 5.32 Å². The molecule has 0 aliphatic carbocycles. The van der Waals surface area contributed by atoms with Gasteiger partial charge in [0.05, 0.1) is 11.7 Å². The zero-order chi connectivity index (χ0) is 14.4. The SMILES string of the molecule is CC(C)NC(=O)C(C)Sc1ccc(CC(=O)O)cc1. The summed E-state index contributed by atoms with van der Waals surface area (Å²) in [6.07, 6.45) is 0.0222. The second kappa shape index (κ2) is 7.19. The van der Waals surface area contributed by atoms with E-state index < -0.39 is 5.97 Å². The highest BCUT2D eigenvalue weighted by Crippen LogP contribution is 2.23. The van der Waals surface area contributed by atoms with Crippen molar-refractivity contribution in [1.82, 2.24) is 5.32 Å². The van der Waals surface area contributed by atoms with E-state index >= 15 is 0 Å². The first-order valence-corrected chi connectivity index (χ1v) is 7.04. The molecule has 19 heavy (non-hydrogen) atoms. The molecule has 2 N–H and O–H groups in total. The maximum absolute atomic E-state index is 11.8. The molecule has 0 aliphatic heterocycles. The summed E-state index contributed by atoms with van der Waals surface area (Å²) in [5.41, 5.74) is 0.760. The van der Waals surface area contributed by atoms with Crippen LogP contribution in [0, 0.1) is 0 Å². The van der Waals surface area contributed by atoms with Gasteiger partial charge in [0.15, 0.2) is 0 Å². The Labute approximate surface area is 117 Å². The number of carbonyl (C=O) groups is 2. The molecular weight excluding hydrogens is 262 g/mol. The van der Waals surface area contributed by atoms with Crippen molar-refractivity contribution in [3.05, 3.63) is 29.8 Å².